The van der Waals surface area contributed by atoms with Gasteiger partial charge in [-0.15, -0.1) is 0 Å². The molecular formula is C11H8F2N2. The molecule has 0 atom stereocenters. The number of nitrogens with zero attached hydrogens (tertiary/aromatic N) is 2. The molecule has 0 amide bonds. The van der Waals surface area contributed by atoms with Crippen molar-refractivity contribution in [3.8, 4) is 0 Å². The minimum atomic E-state index is -0.538. The van der Waals surface area contributed by atoms with Crippen LogP contribution in [-0.2, 0) is 6.42 Å². The standard InChI is InChI=1S/C11H8F2N2/c12-10-5-1-3-8(14-10)7-9-4-2-6-11(13)15-9/h1-6H,7H2. The molecule has 0 radical (unpaired) electrons. The smallest absolute Gasteiger partial charge is 0.213 e. The van der Waals surface area contributed by atoms with Crippen molar-refractivity contribution < 1.29 is 8.78 Å². The van der Waals surface area contributed by atoms with Crippen LogP contribution in [-0.4, -0.2) is 9.97 Å². The Bertz CT molecular complexity index is 428. The maximum Gasteiger partial charge on any atom is 0.213 e. The highest BCUT2D eigenvalue weighted by Gasteiger charge is 2.01. The van der Waals surface area contributed by atoms with Gasteiger partial charge >= 0.3 is 0 Å². The number of rotatable bonds is 2. The molecule has 0 bridgehead atoms. The lowest BCUT2D eigenvalue weighted by Gasteiger charge is -2.00. The van der Waals surface area contributed by atoms with E-state index in [2.05, 4.69) is 9.97 Å². The first kappa shape index (κ1) is 9.71. The maximum atomic E-state index is 12.7. The molecule has 2 aromatic rings. The van der Waals surface area contributed by atoms with Crippen molar-refractivity contribution in [3.05, 3.63) is 59.7 Å². The van der Waals surface area contributed by atoms with E-state index < -0.39 is 11.9 Å². The van der Waals surface area contributed by atoms with Crippen molar-refractivity contribution in [1.82, 2.24) is 9.97 Å². The second kappa shape index (κ2) is 4.13. The van der Waals surface area contributed by atoms with E-state index in [1.54, 1.807) is 24.3 Å². The molecule has 4 heteroatoms. The Labute approximate surface area is 85.6 Å². The summed E-state index contributed by atoms with van der Waals surface area (Å²) in [6.07, 6.45) is 0.329. The average Bonchev–Trinajstić information content (AvgIpc) is 2.17. The predicted octanol–water partition coefficient (Wildman–Crippen LogP) is 2.35. The van der Waals surface area contributed by atoms with Gasteiger partial charge in [0.1, 0.15) is 0 Å². The molecule has 0 aliphatic heterocycles. The molecule has 0 saturated heterocycles. The Morgan fingerprint density at radius 1 is 0.800 bits per heavy atom. The molecule has 0 unspecified atom stereocenters. The van der Waals surface area contributed by atoms with Gasteiger partial charge in [0.2, 0.25) is 11.9 Å². The lowest BCUT2D eigenvalue weighted by atomic mass is 10.2. The first-order valence-electron chi connectivity index (χ1n) is 4.47. The molecule has 0 aliphatic carbocycles. The van der Waals surface area contributed by atoms with E-state index in [1.807, 2.05) is 0 Å². The van der Waals surface area contributed by atoms with Crippen LogP contribution in [0.1, 0.15) is 11.4 Å². The third-order valence-corrected chi connectivity index (χ3v) is 1.91. The van der Waals surface area contributed by atoms with Gasteiger partial charge in [0.15, 0.2) is 0 Å². The van der Waals surface area contributed by atoms with Gasteiger partial charge in [-0.1, -0.05) is 12.1 Å². The number of hydrogen-bond donors (Lipinski definition) is 0. The van der Waals surface area contributed by atoms with E-state index in [-0.39, 0.29) is 0 Å². The van der Waals surface area contributed by atoms with Crippen LogP contribution in [0.3, 0.4) is 0 Å². The Morgan fingerprint density at radius 2 is 1.27 bits per heavy atom. The summed E-state index contributed by atoms with van der Waals surface area (Å²) in [5.74, 6) is -1.08. The molecule has 0 aromatic carbocycles. The molecule has 0 fully saturated rings. The van der Waals surface area contributed by atoms with Crippen molar-refractivity contribution in [2.75, 3.05) is 0 Å². The zero-order valence-corrected chi connectivity index (χ0v) is 7.82. The molecule has 15 heavy (non-hydrogen) atoms. The van der Waals surface area contributed by atoms with Crippen LogP contribution < -0.4 is 0 Å². The zero-order valence-electron chi connectivity index (χ0n) is 7.82. The monoisotopic (exact) mass is 206 g/mol. The van der Waals surface area contributed by atoms with Gasteiger partial charge in [0, 0.05) is 17.8 Å². The fraction of sp³-hybridized carbons (Fsp3) is 0.0909. The van der Waals surface area contributed by atoms with E-state index in [9.17, 15) is 8.78 Å². The van der Waals surface area contributed by atoms with Crippen LogP contribution in [0.2, 0.25) is 0 Å². The summed E-state index contributed by atoms with van der Waals surface area (Å²) in [7, 11) is 0. The van der Waals surface area contributed by atoms with E-state index >= 15 is 0 Å². The number of aromatic nitrogens is 2. The molecule has 2 rings (SSSR count). The van der Waals surface area contributed by atoms with Gasteiger partial charge in [-0.25, -0.2) is 9.97 Å². The molecule has 0 N–H and O–H groups in total. The third-order valence-electron chi connectivity index (χ3n) is 1.91. The Morgan fingerprint density at radius 3 is 1.67 bits per heavy atom. The van der Waals surface area contributed by atoms with Gasteiger partial charge in [-0.3, -0.25) is 0 Å². The lowest BCUT2D eigenvalue weighted by molar-refractivity contribution is 0.572. The molecule has 2 heterocycles. The van der Waals surface area contributed by atoms with Gasteiger partial charge in [-0.2, -0.15) is 8.78 Å². The van der Waals surface area contributed by atoms with Crippen LogP contribution in [0.5, 0.6) is 0 Å². The van der Waals surface area contributed by atoms with Crippen molar-refractivity contribution in [3.63, 3.8) is 0 Å². The number of halogens is 2. The van der Waals surface area contributed by atoms with Crippen molar-refractivity contribution in [1.29, 1.82) is 0 Å². The second-order valence-corrected chi connectivity index (χ2v) is 3.08. The highest BCUT2D eigenvalue weighted by atomic mass is 19.1. The van der Waals surface area contributed by atoms with Crippen LogP contribution in [0.4, 0.5) is 8.78 Å². The summed E-state index contributed by atoms with van der Waals surface area (Å²) >= 11 is 0. The first-order chi connectivity index (χ1) is 7.24. The first-order valence-corrected chi connectivity index (χ1v) is 4.47. The quantitative estimate of drug-likeness (QED) is 0.705. The second-order valence-electron chi connectivity index (χ2n) is 3.08. The fourth-order valence-corrected chi connectivity index (χ4v) is 1.28. The largest absolute Gasteiger partial charge is 0.224 e. The van der Waals surface area contributed by atoms with E-state index in [0.29, 0.717) is 17.8 Å². The van der Waals surface area contributed by atoms with Crippen molar-refractivity contribution in [2.45, 2.75) is 6.42 Å². The average molecular weight is 206 g/mol. The zero-order chi connectivity index (χ0) is 10.7. The number of pyridine rings is 2. The third kappa shape index (κ3) is 2.56. The molecule has 0 spiro atoms. The number of hydrogen-bond acceptors (Lipinski definition) is 2. The minimum Gasteiger partial charge on any atom is -0.224 e. The molecule has 0 aliphatic rings. The predicted molar refractivity (Wildman–Crippen MR) is 51.2 cm³/mol. The van der Waals surface area contributed by atoms with Gasteiger partial charge in [0.25, 0.3) is 0 Å². The normalized spacial score (nSPS) is 10.3. The van der Waals surface area contributed by atoms with Gasteiger partial charge in [-0.05, 0) is 24.3 Å². The topological polar surface area (TPSA) is 25.8 Å². The van der Waals surface area contributed by atoms with Crippen molar-refractivity contribution in [2.24, 2.45) is 0 Å². The Kier molecular flexibility index (Phi) is 2.67. The van der Waals surface area contributed by atoms with Crippen molar-refractivity contribution >= 4 is 0 Å². The maximum absolute atomic E-state index is 12.7. The molecule has 2 nitrogen and oxygen atoms in total. The lowest BCUT2D eigenvalue weighted by Crippen LogP contribution is -1.97. The van der Waals surface area contributed by atoms with Crippen LogP contribution in [0, 0.1) is 11.9 Å². The SMILES string of the molecule is Fc1cccc(Cc2cccc(F)n2)n1. The molecule has 76 valence electrons. The van der Waals surface area contributed by atoms with E-state index in [0.717, 1.165) is 0 Å². The molecule has 2 aromatic heterocycles. The summed E-state index contributed by atoms with van der Waals surface area (Å²) in [6.45, 7) is 0. The van der Waals surface area contributed by atoms with E-state index in [4.69, 9.17) is 0 Å². The highest BCUT2D eigenvalue weighted by molar-refractivity contribution is 5.15. The summed E-state index contributed by atoms with van der Waals surface area (Å²) < 4.78 is 25.5. The summed E-state index contributed by atoms with van der Waals surface area (Å²) in [6, 6.07) is 9.02. The Balaban J connectivity index is 2.22. The summed E-state index contributed by atoms with van der Waals surface area (Å²) in [5.41, 5.74) is 1.07. The summed E-state index contributed by atoms with van der Waals surface area (Å²) in [5, 5.41) is 0. The minimum absolute atomic E-state index is 0.329. The van der Waals surface area contributed by atoms with Crippen LogP contribution in [0.15, 0.2) is 36.4 Å². The van der Waals surface area contributed by atoms with Crippen LogP contribution >= 0.6 is 0 Å². The van der Waals surface area contributed by atoms with E-state index in [1.165, 1.54) is 12.1 Å². The summed E-state index contributed by atoms with van der Waals surface area (Å²) in [4.78, 5) is 7.34. The van der Waals surface area contributed by atoms with Gasteiger partial charge < -0.3 is 0 Å². The Hall–Kier alpha value is -1.84. The highest BCUT2D eigenvalue weighted by Crippen LogP contribution is 2.06. The van der Waals surface area contributed by atoms with Gasteiger partial charge in [0.05, 0.1) is 0 Å². The van der Waals surface area contributed by atoms with Crippen LogP contribution in [0.25, 0.3) is 0 Å². The molecular weight excluding hydrogens is 198 g/mol. The molecule has 0 saturated carbocycles. The fourth-order valence-electron chi connectivity index (χ4n) is 1.28.